The van der Waals surface area contributed by atoms with Gasteiger partial charge >= 0.3 is 0 Å². The van der Waals surface area contributed by atoms with Gasteiger partial charge in [0.15, 0.2) is 5.78 Å². The summed E-state index contributed by atoms with van der Waals surface area (Å²) in [5.74, 6) is -1.61. The molecule has 0 aromatic heterocycles. The van der Waals surface area contributed by atoms with Crippen LogP contribution < -0.4 is 5.73 Å². The number of unbranched alkanes of at least 4 members (excludes halogenated alkanes) is 24. The highest BCUT2D eigenvalue weighted by Gasteiger charge is 2.34. The van der Waals surface area contributed by atoms with Crippen molar-refractivity contribution in [3.05, 3.63) is 0 Å². The zero-order chi connectivity index (χ0) is 29.7. The Morgan fingerprint density at radius 3 is 1.05 bits per heavy atom. The van der Waals surface area contributed by atoms with Crippen LogP contribution in [0.1, 0.15) is 194 Å². The van der Waals surface area contributed by atoms with Gasteiger partial charge in [-0.15, -0.1) is 0 Å². The molecule has 0 bridgehead atoms. The average Bonchev–Trinajstić information content (AvgIpc) is 2.93. The third-order valence-corrected chi connectivity index (χ3v) is 8.62. The van der Waals surface area contributed by atoms with E-state index < -0.39 is 30.1 Å². The van der Waals surface area contributed by atoms with E-state index >= 15 is 0 Å². The van der Waals surface area contributed by atoms with Crippen LogP contribution in [0.3, 0.4) is 0 Å². The molecule has 4 atom stereocenters. The first-order chi connectivity index (χ1) is 19.5. The standard InChI is InChI=1S/C35H71NO4/c1-3-5-7-9-11-13-15-17-19-21-23-25-27-29-31(37)33(35(36)40)34(39)32(38)30-28-26-24-22-20-18-16-14-12-10-8-6-4-2/h31-33,35,37-38,40H,3-30,36H2,1-2H3/t31-,32?,33-,35?/m1/s1. The highest BCUT2D eigenvalue weighted by atomic mass is 16.3. The van der Waals surface area contributed by atoms with E-state index in [0.29, 0.717) is 12.8 Å². The average molecular weight is 570 g/mol. The largest absolute Gasteiger partial charge is 0.392 e. The summed E-state index contributed by atoms with van der Waals surface area (Å²) in [4.78, 5) is 12.8. The van der Waals surface area contributed by atoms with Crippen LogP contribution in [0.25, 0.3) is 0 Å². The highest BCUT2D eigenvalue weighted by Crippen LogP contribution is 2.20. The molecular weight excluding hydrogens is 498 g/mol. The summed E-state index contributed by atoms with van der Waals surface area (Å²) < 4.78 is 0. The second kappa shape index (κ2) is 30.0. The van der Waals surface area contributed by atoms with Gasteiger partial charge in [0, 0.05) is 0 Å². The lowest BCUT2D eigenvalue weighted by atomic mass is 9.87. The number of carbonyl (C=O) groups excluding carboxylic acids is 1. The van der Waals surface area contributed by atoms with Crippen molar-refractivity contribution in [1.82, 2.24) is 0 Å². The van der Waals surface area contributed by atoms with Crippen LogP contribution in [0.4, 0.5) is 0 Å². The van der Waals surface area contributed by atoms with E-state index in [4.69, 9.17) is 5.73 Å². The Morgan fingerprint density at radius 2 is 0.750 bits per heavy atom. The van der Waals surface area contributed by atoms with Crippen LogP contribution in [0, 0.1) is 5.92 Å². The molecule has 0 aliphatic heterocycles. The lowest BCUT2D eigenvalue weighted by molar-refractivity contribution is -0.140. The molecule has 0 spiro atoms. The quantitative estimate of drug-likeness (QED) is 0.0477. The molecule has 0 aliphatic carbocycles. The van der Waals surface area contributed by atoms with Crippen LogP contribution in [-0.2, 0) is 4.79 Å². The molecule has 0 rings (SSSR count). The van der Waals surface area contributed by atoms with Gasteiger partial charge in [-0.05, 0) is 12.8 Å². The predicted molar refractivity (Wildman–Crippen MR) is 171 cm³/mol. The van der Waals surface area contributed by atoms with E-state index in [1.54, 1.807) is 0 Å². The van der Waals surface area contributed by atoms with Crippen molar-refractivity contribution in [3.8, 4) is 0 Å². The molecule has 5 heteroatoms. The van der Waals surface area contributed by atoms with Gasteiger partial charge in [-0.25, -0.2) is 0 Å². The molecule has 240 valence electrons. The number of aliphatic hydroxyl groups is 3. The van der Waals surface area contributed by atoms with Crippen LogP contribution in [-0.4, -0.2) is 39.5 Å². The molecule has 2 unspecified atom stereocenters. The SMILES string of the molecule is CCCCCCCCCCCCCCCC(O)C(=O)[C@H](C(N)O)[C@H](O)CCCCCCCCCCCCCCC. The summed E-state index contributed by atoms with van der Waals surface area (Å²) in [7, 11) is 0. The molecule has 0 radical (unpaired) electrons. The van der Waals surface area contributed by atoms with Crippen molar-refractivity contribution < 1.29 is 20.1 Å². The van der Waals surface area contributed by atoms with E-state index in [-0.39, 0.29) is 0 Å². The van der Waals surface area contributed by atoms with Crippen LogP contribution in [0.5, 0.6) is 0 Å². The van der Waals surface area contributed by atoms with Gasteiger partial charge in [-0.3, -0.25) is 4.79 Å². The van der Waals surface area contributed by atoms with Crippen molar-refractivity contribution >= 4 is 5.78 Å². The molecule has 0 aliphatic rings. The van der Waals surface area contributed by atoms with Crippen LogP contribution in [0.2, 0.25) is 0 Å². The number of hydrogen-bond acceptors (Lipinski definition) is 5. The summed E-state index contributed by atoms with van der Waals surface area (Å²) in [5.41, 5.74) is 5.66. The monoisotopic (exact) mass is 570 g/mol. The molecule has 0 amide bonds. The molecule has 0 heterocycles. The van der Waals surface area contributed by atoms with Crippen molar-refractivity contribution in [2.75, 3.05) is 0 Å². The first-order valence-corrected chi connectivity index (χ1v) is 17.8. The first-order valence-electron chi connectivity index (χ1n) is 17.8. The molecule has 40 heavy (non-hydrogen) atoms. The van der Waals surface area contributed by atoms with E-state index in [1.807, 2.05) is 0 Å². The van der Waals surface area contributed by atoms with E-state index in [9.17, 15) is 20.1 Å². The van der Waals surface area contributed by atoms with Gasteiger partial charge in [0.1, 0.15) is 12.3 Å². The van der Waals surface area contributed by atoms with E-state index in [0.717, 1.165) is 38.5 Å². The lowest BCUT2D eigenvalue weighted by Crippen LogP contribution is -2.47. The summed E-state index contributed by atoms with van der Waals surface area (Å²) in [6.07, 6.45) is 29.7. The van der Waals surface area contributed by atoms with Crippen molar-refractivity contribution in [2.24, 2.45) is 11.7 Å². The Labute approximate surface area is 249 Å². The maximum atomic E-state index is 12.8. The second-order valence-corrected chi connectivity index (χ2v) is 12.6. The normalized spacial score (nSPS) is 14.8. The minimum atomic E-state index is -1.44. The van der Waals surface area contributed by atoms with Gasteiger partial charge in [0.25, 0.3) is 0 Å². The minimum Gasteiger partial charge on any atom is -0.392 e. The number of rotatable bonds is 32. The number of carbonyl (C=O) groups is 1. The van der Waals surface area contributed by atoms with Crippen molar-refractivity contribution in [2.45, 2.75) is 212 Å². The summed E-state index contributed by atoms with van der Waals surface area (Å²) in [5, 5.41) is 31.0. The fourth-order valence-corrected chi connectivity index (χ4v) is 5.86. The molecule has 5 nitrogen and oxygen atoms in total. The number of nitrogens with two attached hydrogens (primary N) is 1. The predicted octanol–water partition coefficient (Wildman–Crippen LogP) is 9.13. The van der Waals surface area contributed by atoms with Crippen LogP contribution >= 0.6 is 0 Å². The van der Waals surface area contributed by atoms with E-state index in [1.165, 1.54) is 128 Å². The van der Waals surface area contributed by atoms with Crippen molar-refractivity contribution in [1.29, 1.82) is 0 Å². The van der Waals surface area contributed by atoms with Gasteiger partial charge in [-0.2, -0.15) is 0 Å². The maximum absolute atomic E-state index is 12.8. The minimum absolute atomic E-state index is 0.380. The summed E-state index contributed by atoms with van der Waals surface area (Å²) >= 11 is 0. The Hall–Kier alpha value is -0.490. The van der Waals surface area contributed by atoms with E-state index in [2.05, 4.69) is 13.8 Å². The summed E-state index contributed by atoms with van der Waals surface area (Å²) in [6, 6.07) is 0. The van der Waals surface area contributed by atoms with Gasteiger partial charge in [0.05, 0.1) is 12.0 Å². The topological polar surface area (TPSA) is 104 Å². The van der Waals surface area contributed by atoms with Crippen LogP contribution in [0.15, 0.2) is 0 Å². The zero-order valence-electron chi connectivity index (χ0n) is 26.9. The number of aliphatic hydroxyl groups excluding tert-OH is 3. The lowest BCUT2D eigenvalue weighted by Gasteiger charge is -2.26. The van der Waals surface area contributed by atoms with Gasteiger partial charge in [-0.1, -0.05) is 181 Å². The highest BCUT2D eigenvalue weighted by molar-refractivity contribution is 5.86. The Bertz CT molecular complexity index is 528. The molecule has 0 aromatic rings. The maximum Gasteiger partial charge on any atom is 0.170 e. The van der Waals surface area contributed by atoms with Gasteiger partial charge in [0.2, 0.25) is 0 Å². The molecule has 5 N–H and O–H groups in total. The number of hydrogen-bond donors (Lipinski definition) is 4. The Morgan fingerprint density at radius 1 is 0.475 bits per heavy atom. The third-order valence-electron chi connectivity index (χ3n) is 8.62. The fourth-order valence-electron chi connectivity index (χ4n) is 5.86. The molecule has 0 saturated carbocycles. The number of ketones is 1. The van der Waals surface area contributed by atoms with Gasteiger partial charge < -0.3 is 21.1 Å². The summed E-state index contributed by atoms with van der Waals surface area (Å²) in [6.45, 7) is 4.51. The molecule has 0 aromatic carbocycles. The molecule has 0 saturated heterocycles. The molecule has 0 fully saturated rings. The van der Waals surface area contributed by atoms with Crippen molar-refractivity contribution in [3.63, 3.8) is 0 Å². The smallest absolute Gasteiger partial charge is 0.170 e. The number of Topliss-reactive ketones (excluding diaryl/α,β-unsaturated/α-hetero) is 1. The fraction of sp³-hybridized carbons (Fsp3) is 0.971. The molecular formula is C35H71NO4. The third kappa shape index (κ3) is 24.1. The zero-order valence-corrected chi connectivity index (χ0v) is 26.9. The Balaban J connectivity index is 3.83. The second-order valence-electron chi connectivity index (χ2n) is 12.6. The first kappa shape index (κ1) is 39.5. The Kier molecular flexibility index (Phi) is 29.6.